The van der Waals surface area contributed by atoms with Crippen molar-refractivity contribution in [3.05, 3.63) is 28.2 Å². The number of carbonyl (C=O) groups is 1. The van der Waals surface area contributed by atoms with Gasteiger partial charge >= 0.3 is 0 Å². The van der Waals surface area contributed by atoms with Crippen LogP contribution in [0.5, 0.6) is 5.75 Å². The summed E-state index contributed by atoms with van der Waals surface area (Å²) in [4.78, 5) is 13.4. The molecule has 19 heavy (non-hydrogen) atoms. The van der Waals surface area contributed by atoms with Crippen LogP contribution in [-0.2, 0) is 4.79 Å². The Morgan fingerprint density at radius 3 is 2.79 bits per heavy atom. The highest BCUT2D eigenvalue weighted by Crippen LogP contribution is 2.27. The van der Waals surface area contributed by atoms with Gasteiger partial charge in [-0.15, -0.1) is 0 Å². The fraction of sp³-hybridized carbons (Fsp3) is 0.385. The molecule has 1 aromatic carbocycles. The molecule has 0 aliphatic heterocycles. The molecule has 0 N–H and O–H groups in total. The summed E-state index contributed by atoms with van der Waals surface area (Å²) in [6.45, 7) is 2.69. The number of rotatable bonds is 6. The summed E-state index contributed by atoms with van der Waals surface area (Å²) >= 11 is 11.7. The van der Waals surface area contributed by atoms with Crippen LogP contribution in [0.25, 0.3) is 0 Å². The zero-order valence-electron chi connectivity index (χ0n) is 10.5. The lowest BCUT2D eigenvalue weighted by molar-refractivity contribution is -0.133. The third kappa shape index (κ3) is 4.98. The summed E-state index contributed by atoms with van der Waals surface area (Å²) in [6, 6.07) is 6.81. The van der Waals surface area contributed by atoms with Crippen LogP contribution in [0.4, 0.5) is 0 Å². The van der Waals surface area contributed by atoms with Crippen LogP contribution in [0.2, 0.25) is 10.0 Å². The molecule has 0 atom stereocenters. The summed E-state index contributed by atoms with van der Waals surface area (Å²) in [6.07, 6.45) is 0.307. The van der Waals surface area contributed by atoms with E-state index in [1.54, 1.807) is 23.1 Å². The summed E-state index contributed by atoms with van der Waals surface area (Å²) in [5.74, 6) is 0.236. The molecule has 1 rings (SSSR count). The van der Waals surface area contributed by atoms with Gasteiger partial charge in [-0.25, -0.2) is 0 Å². The van der Waals surface area contributed by atoms with E-state index in [0.29, 0.717) is 35.3 Å². The zero-order chi connectivity index (χ0) is 14.3. The van der Waals surface area contributed by atoms with Crippen molar-refractivity contribution in [2.45, 2.75) is 13.3 Å². The van der Waals surface area contributed by atoms with Crippen molar-refractivity contribution in [1.29, 1.82) is 5.26 Å². The van der Waals surface area contributed by atoms with Gasteiger partial charge in [0.05, 0.1) is 17.5 Å². The smallest absolute Gasteiger partial charge is 0.260 e. The maximum atomic E-state index is 11.9. The van der Waals surface area contributed by atoms with Crippen molar-refractivity contribution in [2.24, 2.45) is 0 Å². The maximum Gasteiger partial charge on any atom is 0.260 e. The highest BCUT2D eigenvalue weighted by Gasteiger charge is 2.12. The topological polar surface area (TPSA) is 53.3 Å². The van der Waals surface area contributed by atoms with E-state index < -0.39 is 0 Å². The number of hydrogen-bond donors (Lipinski definition) is 0. The number of ether oxygens (including phenoxy) is 1. The van der Waals surface area contributed by atoms with Gasteiger partial charge in [-0.05, 0) is 25.1 Å². The molecule has 0 saturated heterocycles. The molecule has 0 spiro atoms. The Morgan fingerprint density at radius 1 is 1.47 bits per heavy atom. The number of likely N-dealkylation sites (N-methyl/N-ethyl adjacent to an activating group) is 1. The van der Waals surface area contributed by atoms with Gasteiger partial charge in [-0.1, -0.05) is 23.2 Å². The molecule has 1 amide bonds. The largest absolute Gasteiger partial charge is 0.482 e. The number of amides is 1. The Kier molecular flexibility index (Phi) is 6.48. The van der Waals surface area contributed by atoms with E-state index in [9.17, 15) is 4.79 Å². The fourth-order valence-electron chi connectivity index (χ4n) is 1.47. The summed E-state index contributed by atoms with van der Waals surface area (Å²) < 4.78 is 5.35. The first kappa shape index (κ1) is 15.6. The van der Waals surface area contributed by atoms with E-state index in [0.717, 1.165) is 0 Å². The standard InChI is InChI=1S/C13H14Cl2N2O2/c1-2-17(7-3-6-16)13(18)9-19-12-5-4-10(14)8-11(12)15/h4-5,8H,2-3,7,9H2,1H3. The average Bonchev–Trinajstić information content (AvgIpc) is 2.38. The van der Waals surface area contributed by atoms with Crippen molar-refractivity contribution < 1.29 is 9.53 Å². The molecule has 102 valence electrons. The van der Waals surface area contributed by atoms with Gasteiger partial charge in [0.25, 0.3) is 5.91 Å². The summed E-state index contributed by atoms with van der Waals surface area (Å²) in [5, 5.41) is 9.38. The minimum absolute atomic E-state index is 0.110. The molecule has 6 heteroatoms. The first-order valence-corrected chi connectivity index (χ1v) is 6.56. The van der Waals surface area contributed by atoms with Gasteiger partial charge in [-0.3, -0.25) is 4.79 Å². The molecule has 0 heterocycles. The van der Waals surface area contributed by atoms with Gasteiger partial charge in [0.1, 0.15) is 5.75 Å². The van der Waals surface area contributed by atoms with Crippen LogP contribution in [0.3, 0.4) is 0 Å². The first-order valence-electron chi connectivity index (χ1n) is 5.81. The second-order valence-electron chi connectivity index (χ2n) is 3.74. The SMILES string of the molecule is CCN(CCC#N)C(=O)COc1ccc(Cl)cc1Cl. The average molecular weight is 301 g/mol. The molecule has 0 unspecified atom stereocenters. The van der Waals surface area contributed by atoms with Crippen LogP contribution in [0.1, 0.15) is 13.3 Å². The number of nitrogens with zero attached hydrogens (tertiary/aromatic N) is 2. The van der Waals surface area contributed by atoms with E-state index in [1.165, 1.54) is 0 Å². The van der Waals surface area contributed by atoms with Crippen LogP contribution in [-0.4, -0.2) is 30.5 Å². The first-order chi connectivity index (χ1) is 9.08. The molecule has 0 aromatic heterocycles. The Bertz CT molecular complexity index is 486. The zero-order valence-corrected chi connectivity index (χ0v) is 12.0. The van der Waals surface area contributed by atoms with Crippen molar-refractivity contribution in [2.75, 3.05) is 19.7 Å². The van der Waals surface area contributed by atoms with Crippen molar-refractivity contribution in [3.8, 4) is 11.8 Å². The Balaban J connectivity index is 2.55. The Labute approximate surface area is 122 Å². The minimum atomic E-state index is -0.177. The molecule has 0 radical (unpaired) electrons. The van der Waals surface area contributed by atoms with Crippen LogP contribution >= 0.6 is 23.2 Å². The number of carbonyl (C=O) groups excluding carboxylic acids is 1. The number of benzene rings is 1. The summed E-state index contributed by atoms with van der Waals surface area (Å²) in [7, 11) is 0. The Hall–Kier alpha value is -1.44. The van der Waals surface area contributed by atoms with Crippen LogP contribution < -0.4 is 4.74 Å². The van der Waals surface area contributed by atoms with Crippen molar-refractivity contribution in [3.63, 3.8) is 0 Å². The molecular weight excluding hydrogens is 287 g/mol. The normalized spacial score (nSPS) is 9.79. The number of nitriles is 1. The number of halogens is 2. The van der Waals surface area contributed by atoms with Gasteiger partial charge in [0.2, 0.25) is 0 Å². The van der Waals surface area contributed by atoms with E-state index in [-0.39, 0.29) is 12.5 Å². The fourth-order valence-corrected chi connectivity index (χ4v) is 1.93. The van der Waals surface area contributed by atoms with Crippen LogP contribution in [0, 0.1) is 11.3 Å². The van der Waals surface area contributed by atoms with E-state index in [1.807, 2.05) is 13.0 Å². The van der Waals surface area contributed by atoms with Gasteiger partial charge in [-0.2, -0.15) is 5.26 Å². The molecule has 0 saturated carbocycles. The molecule has 0 fully saturated rings. The minimum Gasteiger partial charge on any atom is -0.482 e. The summed E-state index contributed by atoms with van der Waals surface area (Å²) in [5.41, 5.74) is 0. The van der Waals surface area contributed by atoms with Crippen LogP contribution in [0.15, 0.2) is 18.2 Å². The second-order valence-corrected chi connectivity index (χ2v) is 4.59. The molecular formula is C13H14Cl2N2O2. The third-order valence-electron chi connectivity index (χ3n) is 2.47. The third-order valence-corrected chi connectivity index (χ3v) is 3.00. The molecule has 4 nitrogen and oxygen atoms in total. The highest BCUT2D eigenvalue weighted by atomic mass is 35.5. The quantitative estimate of drug-likeness (QED) is 0.811. The molecule has 0 aliphatic carbocycles. The lowest BCUT2D eigenvalue weighted by atomic mass is 10.3. The van der Waals surface area contributed by atoms with Gasteiger partial charge in [0.15, 0.2) is 6.61 Å². The second kappa shape index (κ2) is 7.88. The molecule has 0 bridgehead atoms. The van der Waals surface area contributed by atoms with E-state index in [2.05, 4.69) is 0 Å². The van der Waals surface area contributed by atoms with E-state index in [4.69, 9.17) is 33.2 Å². The van der Waals surface area contributed by atoms with Gasteiger partial charge < -0.3 is 9.64 Å². The number of hydrogen-bond acceptors (Lipinski definition) is 3. The molecule has 1 aromatic rings. The molecule has 0 aliphatic rings. The van der Waals surface area contributed by atoms with E-state index >= 15 is 0 Å². The lowest BCUT2D eigenvalue weighted by Crippen LogP contribution is -2.35. The predicted molar refractivity (Wildman–Crippen MR) is 74.4 cm³/mol. The van der Waals surface area contributed by atoms with Crippen molar-refractivity contribution in [1.82, 2.24) is 4.90 Å². The van der Waals surface area contributed by atoms with Gasteiger partial charge in [0, 0.05) is 18.1 Å². The highest BCUT2D eigenvalue weighted by molar-refractivity contribution is 6.35. The maximum absolute atomic E-state index is 11.9. The lowest BCUT2D eigenvalue weighted by Gasteiger charge is -2.19. The Morgan fingerprint density at radius 2 is 2.21 bits per heavy atom. The monoisotopic (exact) mass is 300 g/mol. The van der Waals surface area contributed by atoms with Crippen molar-refractivity contribution >= 4 is 29.1 Å². The predicted octanol–water partition coefficient (Wildman–Crippen LogP) is 3.13.